The van der Waals surface area contributed by atoms with Crippen LogP contribution in [0.4, 0.5) is 9.59 Å². The molecule has 1 fully saturated rings. The van der Waals surface area contributed by atoms with Crippen LogP contribution in [0.5, 0.6) is 5.75 Å². The van der Waals surface area contributed by atoms with Crippen molar-refractivity contribution in [3.05, 3.63) is 54.1 Å². The van der Waals surface area contributed by atoms with Gasteiger partial charge in [0.05, 0.1) is 6.61 Å². The quantitative estimate of drug-likeness (QED) is 0.345. The monoisotopic (exact) mass is 483 g/mol. The highest BCUT2D eigenvalue weighted by Gasteiger charge is 2.42. The molecule has 184 valence electrons. The third kappa shape index (κ3) is 6.07. The molecule has 0 bridgehead atoms. The van der Waals surface area contributed by atoms with Crippen LogP contribution in [0.1, 0.15) is 25.3 Å². The standard InChI is InChI=1S/C24H25N3O8/c1-2-32-19-9-7-18(8-10-19)21-25-20(26-35-21)17-5-3-16(4-6-17)15-27-13-11-24(12-14-27,33-22(28)29)34-23(30)31/h3-10H,2,11-15H2,1H3,(H,28,29)(H,30,31). The number of piperidine rings is 1. The fourth-order valence-corrected chi connectivity index (χ4v) is 3.93. The van der Waals surface area contributed by atoms with Crippen LogP contribution in [0.25, 0.3) is 22.8 Å². The highest BCUT2D eigenvalue weighted by Crippen LogP contribution is 2.30. The lowest BCUT2D eigenvalue weighted by molar-refractivity contribution is -0.205. The summed E-state index contributed by atoms with van der Waals surface area (Å²) in [5, 5.41) is 21.9. The van der Waals surface area contributed by atoms with Gasteiger partial charge >= 0.3 is 12.3 Å². The molecule has 1 aliphatic rings. The topological polar surface area (TPSA) is 144 Å². The van der Waals surface area contributed by atoms with E-state index >= 15 is 0 Å². The average molecular weight is 483 g/mol. The molecule has 1 aliphatic heterocycles. The first-order chi connectivity index (χ1) is 16.9. The Kier molecular flexibility index (Phi) is 7.16. The molecular formula is C24H25N3O8. The number of hydrogen-bond donors (Lipinski definition) is 2. The van der Waals surface area contributed by atoms with Gasteiger partial charge in [-0.15, -0.1) is 0 Å². The summed E-state index contributed by atoms with van der Waals surface area (Å²) in [6.45, 7) is 3.95. The highest BCUT2D eigenvalue weighted by atomic mass is 16.8. The Labute approximate surface area is 200 Å². The zero-order valence-electron chi connectivity index (χ0n) is 19.0. The van der Waals surface area contributed by atoms with Crippen molar-refractivity contribution in [1.29, 1.82) is 0 Å². The van der Waals surface area contributed by atoms with Gasteiger partial charge in [0.2, 0.25) is 5.82 Å². The second-order valence-electron chi connectivity index (χ2n) is 8.00. The molecule has 1 saturated heterocycles. The van der Waals surface area contributed by atoms with Crippen LogP contribution in [0.15, 0.2) is 53.1 Å². The SMILES string of the molecule is CCOc1ccc(-c2nc(-c3ccc(CN4CCC(OC(=O)O)(OC(=O)O)CC4)cc3)no2)cc1. The van der Waals surface area contributed by atoms with Crippen LogP contribution in [0.3, 0.4) is 0 Å². The molecular weight excluding hydrogens is 458 g/mol. The highest BCUT2D eigenvalue weighted by molar-refractivity contribution is 5.61. The van der Waals surface area contributed by atoms with E-state index < -0.39 is 18.1 Å². The number of carboxylic acid groups (broad SMARTS) is 2. The van der Waals surface area contributed by atoms with Crippen molar-refractivity contribution in [2.75, 3.05) is 19.7 Å². The first-order valence-corrected chi connectivity index (χ1v) is 11.1. The van der Waals surface area contributed by atoms with Crippen molar-refractivity contribution in [2.45, 2.75) is 32.1 Å². The molecule has 2 heterocycles. The average Bonchev–Trinajstić information content (AvgIpc) is 3.31. The Morgan fingerprint density at radius 2 is 1.57 bits per heavy atom. The molecule has 0 radical (unpaired) electrons. The summed E-state index contributed by atoms with van der Waals surface area (Å²) in [6.07, 6.45) is -2.91. The van der Waals surface area contributed by atoms with Crippen LogP contribution in [0.2, 0.25) is 0 Å². The predicted octanol–water partition coefficient (Wildman–Crippen LogP) is 4.48. The first-order valence-electron chi connectivity index (χ1n) is 11.1. The molecule has 0 atom stereocenters. The zero-order chi connectivity index (χ0) is 24.8. The van der Waals surface area contributed by atoms with E-state index in [1.54, 1.807) is 0 Å². The van der Waals surface area contributed by atoms with Crippen molar-refractivity contribution in [3.63, 3.8) is 0 Å². The summed E-state index contributed by atoms with van der Waals surface area (Å²) >= 11 is 0. The largest absolute Gasteiger partial charge is 0.509 e. The van der Waals surface area contributed by atoms with Crippen LogP contribution in [-0.4, -0.2) is 63.0 Å². The maximum absolute atomic E-state index is 11.0. The summed E-state index contributed by atoms with van der Waals surface area (Å²) in [5.41, 5.74) is 2.62. The fourth-order valence-electron chi connectivity index (χ4n) is 3.93. The first kappa shape index (κ1) is 24.0. The summed E-state index contributed by atoms with van der Waals surface area (Å²) in [5.74, 6) is -0.0109. The predicted molar refractivity (Wildman–Crippen MR) is 122 cm³/mol. The Hall–Kier alpha value is -4.12. The molecule has 0 aliphatic carbocycles. The molecule has 35 heavy (non-hydrogen) atoms. The second kappa shape index (κ2) is 10.4. The van der Waals surface area contributed by atoms with Gasteiger partial charge in [-0.2, -0.15) is 4.98 Å². The van der Waals surface area contributed by atoms with Crippen LogP contribution < -0.4 is 4.74 Å². The molecule has 0 spiro atoms. The second-order valence-corrected chi connectivity index (χ2v) is 8.00. The lowest BCUT2D eigenvalue weighted by Gasteiger charge is -2.38. The van der Waals surface area contributed by atoms with Gasteiger partial charge in [0, 0.05) is 43.6 Å². The number of benzene rings is 2. The Balaban J connectivity index is 1.36. The van der Waals surface area contributed by atoms with Crippen LogP contribution in [-0.2, 0) is 16.0 Å². The van der Waals surface area contributed by atoms with Crippen molar-refractivity contribution in [1.82, 2.24) is 15.0 Å². The van der Waals surface area contributed by atoms with E-state index in [1.165, 1.54) is 0 Å². The normalized spacial score (nSPS) is 15.3. The van der Waals surface area contributed by atoms with Crippen LogP contribution >= 0.6 is 0 Å². The van der Waals surface area contributed by atoms with E-state index in [1.807, 2.05) is 55.5 Å². The Morgan fingerprint density at radius 3 is 2.14 bits per heavy atom. The van der Waals surface area contributed by atoms with E-state index in [2.05, 4.69) is 15.0 Å². The molecule has 3 aromatic rings. The van der Waals surface area contributed by atoms with Gasteiger partial charge < -0.3 is 28.9 Å². The summed E-state index contributed by atoms with van der Waals surface area (Å²) in [6, 6.07) is 15.1. The van der Waals surface area contributed by atoms with E-state index in [0.717, 1.165) is 22.4 Å². The summed E-state index contributed by atoms with van der Waals surface area (Å²) in [7, 11) is 0. The summed E-state index contributed by atoms with van der Waals surface area (Å²) in [4.78, 5) is 28.5. The lowest BCUT2D eigenvalue weighted by Crippen LogP contribution is -2.49. The molecule has 2 aromatic carbocycles. The number of aromatic nitrogens is 2. The van der Waals surface area contributed by atoms with E-state index in [4.69, 9.17) is 28.9 Å². The number of hydrogen-bond acceptors (Lipinski definition) is 9. The molecule has 11 heteroatoms. The smallest absolute Gasteiger partial charge is 0.494 e. The van der Waals surface area contributed by atoms with Crippen LogP contribution in [0, 0.1) is 0 Å². The van der Waals surface area contributed by atoms with Gasteiger partial charge in [0.1, 0.15) is 5.75 Å². The molecule has 0 amide bonds. The van der Waals surface area contributed by atoms with Gasteiger partial charge in [-0.3, -0.25) is 4.90 Å². The molecule has 11 nitrogen and oxygen atoms in total. The van der Waals surface area contributed by atoms with E-state index in [9.17, 15) is 9.59 Å². The van der Waals surface area contributed by atoms with Gasteiger partial charge in [-0.1, -0.05) is 29.4 Å². The number of rotatable bonds is 8. The zero-order valence-corrected chi connectivity index (χ0v) is 19.0. The van der Waals surface area contributed by atoms with E-state index in [0.29, 0.717) is 38.0 Å². The molecule has 4 rings (SSSR count). The van der Waals surface area contributed by atoms with Crippen molar-refractivity contribution in [2.24, 2.45) is 0 Å². The number of nitrogens with zero attached hydrogens (tertiary/aromatic N) is 3. The lowest BCUT2D eigenvalue weighted by atomic mass is 10.0. The molecule has 0 unspecified atom stereocenters. The summed E-state index contributed by atoms with van der Waals surface area (Å²) < 4.78 is 20.4. The Morgan fingerprint density at radius 1 is 0.971 bits per heavy atom. The maximum Gasteiger partial charge on any atom is 0.509 e. The minimum absolute atomic E-state index is 0.112. The number of likely N-dealkylation sites (tertiary alicyclic amines) is 1. The van der Waals surface area contributed by atoms with Gasteiger partial charge in [0.15, 0.2) is 0 Å². The fraction of sp³-hybridized carbons (Fsp3) is 0.333. The third-order valence-electron chi connectivity index (χ3n) is 5.62. The maximum atomic E-state index is 11.0. The van der Waals surface area contributed by atoms with E-state index in [-0.39, 0.29) is 12.8 Å². The van der Waals surface area contributed by atoms with Gasteiger partial charge in [-0.25, -0.2) is 9.59 Å². The third-order valence-corrected chi connectivity index (χ3v) is 5.62. The molecule has 1 aromatic heterocycles. The minimum Gasteiger partial charge on any atom is -0.494 e. The molecule has 0 saturated carbocycles. The van der Waals surface area contributed by atoms with Gasteiger partial charge in [0.25, 0.3) is 11.7 Å². The van der Waals surface area contributed by atoms with Crippen molar-refractivity contribution < 1.29 is 38.5 Å². The Bertz CT molecular complexity index is 1130. The number of carbonyl (C=O) groups is 2. The van der Waals surface area contributed by atoms with Crippen molar-refractivity contribution >= 4 is 12.3 Å². The van der Waals surface area contributed by atoms with Gasteiger partial charge in [-0.05, 0) is 36.8 Å². The molecule has 2 N–H and O–H groups in total. The van der Waals surface area contributed by atoms with Crippen molar-refractivity contribution in [3.8, 4) is 28.6 Å². The number of ether oxygens (including phenoxy) is 3. The minimum atomic E-state index is -1.67.